The topological polar surface area (TPSA) is 72.1 Å². The molecular weight excluding hydrogens is 421 g/mol. The lowest BCUT2D eigenvalue weighted by Crippen LogP contribution is -2.30. The Morgan fingerprint density at radius 3 is 2.53 bits per heavy atom. The number of rotatable bonds is 5. The highest BCUT2D eigenvalue weighted by molar-refractivity contribution is 5.78. The third-order valence-corrected chi connectivity index (χ3v) is 5.75. The first-order valence-corrected chi connectivity index (χ1v) is 10.4. The molecule has 0 N–H and O–H groups in total. The molecule has 6 nitrogen and oxygen atoms in total. The predicted octanol–water partition coefficient (Wildman–Crippen LogP) is 4.25. The summed E-state index contributed by atoms with van der Waals surface area (Å²) >= 11 is 0. The van der Waals surface area contributed by atoms with Gasteiger partial charge in [-0.3, -0.25) is 9.78 Å². The largest absolute Gasteiger partial charge is 0.416 e. The van der Waals surface area contributed by atoms with Crippen LogP contribution >= 0.6 is 0 Å². The van der Waals surface area contributed by atoms with Crippen molar-refractivity contribution in [2.24, 2.45) is 0 Å². The fourth-order valence-corrected chi connectivity index (χ4v) is 4.02. The number of carbonyl (C=O) groups excluding carboxylic acids is 1. The van der Waals surface area contributed by atoms with Gasteiger partial charge in [-0.15, -0.1) is 0 Å². The van der Waals surface area contributed by atoms with Crippen molar-refractivity contribution < 1.29 is 22.6 Å². The SMILES string of the molecule is Cc1cc(Cc2ccc(C(F)(F)F)cc2)cc([C@@H]2CCN(C(=O)Cc3nonc3C)C2)n1. The first-order chi connectivity index (χ1) is 15.2. The summed E-state index contributed by atoms with van der Waals surface area (Å²) in [5, 5.41) is 7.48. The summed E-state index contributed by atoms with van der Waals surface area (Å²) in [6, 6.07) is 9.17. The molecule has 0 spiro atoms. The van der Waals surface area contributed by atoms with Crippen LogP contribution in [0.2, 0.25) is 0 Å². The number of aromatic nitrogens is 3. The molecule has 1 aliphatic rings. The zero-order chi connectivity index (χ0) is 22.9. The molecule has 0 radical (unpaired) electrons. The number of likely N-dealkylation sites (tertiary alicyclic amines) is 1. The van der Waals surface area contributed by atoms with Crippen molar-refractivity contribution in [1.29, 1.82) is 0 Å². The second kappa shape index (κ2) is 8.72. The van der Waals surface area contributed by atoms with E-state index in [1.165, 1.54) is 12.1 Å². The van der Waals surface area contributed by atoms with Crippen molar-refractivity contribution in [2.75, 3.05) is 13.1 Å². The standard InChI is InChI=1S/C23H23F3N4O2/c1-14-9-17(10-16-3-5-19(6-4-16)23(24,25)26)11-21(27-14)18-7-8-30(13-18)22(31)12-20-15(2)28-32-29-20/h3-6,9,11,18H,7-8,10,12-13H2,1-2H3/t18-/m1/s1. The third-order valence-electron chi connectivity index (χ3n) is 5.75. The van der Waals surface area contributed by atoms with E-state index in [9.17, 15) is 18.0 Å². The average molecular weight is 444 g/mol. The average Bonchev–Trinajstić information content (AvgIpc) is 3.37. The van der Waals surface area contributed by atoms with Crippen LogP contribution < -0.4 is 0 Å². The van der Waals surface area contributed by atoms with Crippen LogP contribution in [0.5, 0.6) is 0 Å². The number of amides is 1. The van der Waals surface area contributed by atoms with Crippen LogP contribution in [0.4, 0.5) is 13.2 Å². The molecule has 2 aromatic heterocycles. The molecule has 3 aromatic rings. The molecule has 0 saturated carbocycles. The van der Waals surface area contributed by atoms with E-state index >= 15 is 0 Å². The Morgan fingerprint density at radius 2 is 1.88 bits per heavy atom. The van der Waals surface area contributed by atoms with Crippen molar-refractivity contribution in [1.82, 2.24) is 20.2 Å². The molecule has 1 fully saturated rings. The van der Waals surface area contributed by atoms with Gasteiger partial charge in [0, 0.05) is 30.4 Å². The summed E-state index contributed by atoms with van der Waals surface area (Å²) in [7, 11) is 0. The van der Waals surface area contributed by atoms with Crippen LogP contribution in [-0.4, -0.2) is 39.2 Å². The Balaban J connectivity index is 1.43. The molecule has 168 valence electrons. The number of hydrogen-bond donors (Lipinski definition) is 0. The first kappa shape index (κ1) is 22.0. The number of alkyl halides is 3. The lowest BCUT2D eigenvalue weighted by Gasteiger charge is -2.16. The van der Waals surface area contributed by atoms with Crippen molar-refractivity contribution in [3.63, 3.8) is 0 Å². The predicted molar refractivity (Wildman–Crippen MR) is 110 cm³/mol. The third kappa shape index (κ3) is 4.98. The van der Waals surface area contributed by atoms with Crippen molar-refractivity contribution in [2.45, 2.75) is 45.2 Å². The van der Waals surface area contributed by atoms with Gasteiger partial charge in [0.15, 0.2) is 0 Å². The normalized spacial score (nSPS) is 16.5. The molecule has 0 aliphatic carbocycles. The summed E-state index contributed by atoms with van der Waals surface area (Å²) in [5.41, 5.74) is 4.05. The van der Waals surface area contributed by atoms with Crippen molar-refractivity contribution in [3.05, 3.63) is 75.9 Å². The van der Waals surface area contributed by atoms with Gasteiger partial charge in [-0.1, -0.05) is 22.4 Å². The smallest absolute Gasteiger partial charge is 0.342 e. The van der Waals surface area contributed by atoms with E-state index in [1.54, 1.807) is 11.8 Å². The van der Waals surface area contributed by atoms with Crippen LogP contribution in [0.1, 0.15) is 51.8 Å². The minimum atomic E-state index is -4.34. The molecular formula is C23H23F3N4O2. The molecule has 1 aliphatic heterocycles. The monoisotopic (exact) mass is 444 g/mol. The molecule has 1 amide bonds. The van der Waals surface area contributed by atoms with Crippen molar-refractivity contribution >= 4 is 5.91 Å². The Hall–Kier alpha value is -3.23. The van der Waals surface area contributed by atoms with E-state index in [0.29, 0.717) is 30.9 Å². The van der Waals surface area contributed by atoms with E-state index in [1.807, 2.05) is 19.1 Å². The Kier molecular flexibility index (Phi) is 5.99. The molecule has 3 heterocycles. The summed E-state index contributed by atoms with van der Waals surface area (Å²) in [4.78, 5) is 19.1. The van der Waals surface area contributed by atoms with Gasteiger partial charge >= 0.3 is 6.18 Å². The van der Waals surface area contributed by atoms with E-state index in [0.717, 1.165) is 41.1 Å². The lowest BCUT2D eigenvalue weighted by molar-refractivity contribution is -0.137. The van der Waals surface area contributed by atoms with Gasteiger partial charge in [0.05, 0.1) is 12.0 Å². The fraction of sp³-hybridized carbons (Fsp3) is 0.391. The quantitative estimate of drug-likeness (QED) is 0.588. The number of hydrogen-bond acceptors (Lipinski definition) is 5. The molecule has 32 heavy (non-hydrogen) atoms. The molecule has 1 atom stereocenters. The van der Waals surface area contributed by atoms with Crippen LogP contribution in [0.25, 0.3) is 0 Å². The van der Waals surface area contributed by atoms with Gasteiger partial charge in [-0.2, -0.15) is 13.2 Å². The Morgan fingerprint density at radius 1 is 1.12 bits per heavy atom. The first-order valence-electron chi connectivity index (χ1n) is 10.4. The maximum atomic E-state index is 12.8. The minimum Gasteiger partial charge on any atom is -0.342 e. The molecule has 9 heteroatoms. The van der Waals surface area contributed by atoms with Gasteiger partial charge < -0.3 is 4.90 Å². The maximum absolute atomic E-state index is 12.8. The van der Waals surface area contributed by atoms with E-state index in [2.05, 4.69) is 19.9 Å². The number of benzene rings is 1. The highest BCUT2D eigenvalue weighted by atomic mass is 19.4. The number of carbonyl (C=O) groups is 1. The van der Waals surface area contributed by atoms with E-state index in [4.69, 9.17) is 0 Å². The van der Waals surface area contributed by atoms with Gasteiger partial charge in [0.1, 0.15) is 11.4 Å². The van der Waals surface area contributed by atoms with Crippen LogP contribution in [0, 0.1) is 13.8 Å². The van der Waals surface area contributed by atoms with Gasteiger partial charge in [0.25, 0.3) is 0 Å². The molecule has 1 aromatic carbocycles. The second-order valence-electron chi connectivity index (χ2n) is 8.21. The van der Waals surface area contributed by atoms with Crippen LogP contribution in [0.3, 0.4) is 0 Å². The highest BCUT2D eigenvalue weighted by Crippen LogP contribution is 2.30. The molecule has 1 saturated heterocycles. The fourth-order valence-electron chi connectivity index (χ4n) is 4.02. The summed E-state index contributed by atoms with van der Waals surface area (Å²) in [6.45, 7) is 4.86. The number of nitrogens with zero attached hydrogens (tertiary/aromatic N) is 4. The molecule has 4 rings (SSSR count). The van der Waals surface area contributed by atoms with Crippen LogP contribution in [-0.2, 0) is 23.8 Å². The minimum absolute atomic E-state index is 0.0241. The van der Waals surface area contributed by atoms with Crippen molar-refractivity contribution in [3.8, 4) is 0 Å². The highest BCUT2D eigenvalue weighted by Gasteiger charge is 2.30. The lowest BCUT2D eigenvalue weighted by atomic mass is 9.98. The van der Waals surface area contributed by atoms with E-state index < -0.39 is 11.7 Å². The second-order valence-corrected chi connectivity index (χ2v) is 8.21. The number of halogens is 3. The van der Waals surface area contributed by atoms with Gasteiger partial charge in [0.2, 0.25) is 5.91 Å². The van der Waals surface area contributed by atoms with Gasteiger partial charge in [-0.05, 0) is 62.1 Å². The summed E-state index contributed by atoms with van der Waals surface area (Å²) < 4.78 is 43.0. The molecule has 0 bridgehead atoms. The Labute approximate surface area is 183 Å². The zero-order valence-corrected chi connectivity index (χ0v) is 17.8. The maximum Gasteiger partial charge on any atom is 0.416 e. The summed E-state index contributed by atoms with van der Waals surface area (Å²) in [6.07, 6.45) is -2.86. The van der Waals surface area contributed by atoms with Crippen LogP contribution in [0.15, 0.2) is 41.0 Å². The molecule has 0 unspecified atom stereocenters. The van der Waals surface area contributed by atoms with Gasteiger partial charge in [-0.25, -0.2) is 4.63 Å². The number of pyridine rings is 1. The number of aryl methyl sites for hydroxylation is 2. The van der Waals surface area contributed by atoms with E-state index in [-0.39, 0.29) is 18.2 Å². The Bertz CT molecular complexity index is 1110. The summed E-state index contributed by atoms with van der Waals surface area (Å²) in [5.74, 6) is 0.0886. The zero-order valence-electron chi connectivity index (χ0n) is 17.8.